The number of benzene rings is 1. The molecule has 0 spiro atoms. The van der Waals surface area contributed by atoms with E-state index < -0.39 is 17.6 Å². The third kappa shape index (κ3) is 2.79. The molecule has 0 unspecified atom stereocenters. The van der Waals surface area contributed by atoms with Gasteiger partial charge in [-0.15, -0.1) is 0 Å². The Kier molecular flexibility index (Phi) is 3.59. The van der Waals surface area contributed by atoms with Crippen LogP contribution >= 0.6 is 0 Å². The van der Waals surface area contributed by atoms with Gasteiger partial charge in [-0.3, -0.25) is 14.7 Å². The van der Waals surface area contributed by atoms with Crippen LogP contribution in [-0.2, 0) is 0 Å². The lowest BCUT2D eigenvalue weighted by atomic mass is 10.1. The maximum absolute atomic E-state index is 14.1. The monoisotopic (exact) mass is 314 g/mol. The molecular weight excluding hydrogens is 303 g/mol. The summed E-state index contributed by atoms with van der Waals surface area (Å²) in [4.78, 5) is 29.8. The van der Waals surface area contributed by atoms with Crippen molar-refractivity contribution in [1.82, 2.24) is 20.2 Å². The molecule has 0 fully saturated rings. The number of nitrogens with zero attached hydrogens (tertiary/aromatic N) is 2. The van der Waals surface area contributed by atoms with Gasteiger partial charge in [0, 0.05) is 6.20 Å². The van der Waals surface area contributed by atoms with Gasteiger partial charge >= 0.3 is 0 Å². The number of carbonyl (C=O) groups is 2. The van der Waals surface area contributed by atoms with Crippen molar-refractivity contribution >= 4 is 17.5 Å². The summed E-state index contributed by atoms with van der Waals surface area (Å²) in [5.41, 5.74) is 5.71. The molecule has 23 heavy (non-hydrogen) atoms. The first-order valence-electron chi connectivity index (χ1n) is 6.50. The van der Waals surface area contributed by atoms with Crippen LogP contribution in [0.4, 0.5) is 10.1 Å². The number of halogens is 1. The fraction of sp³-hybridized carbons (Fsp3) is 0. The SMILES string of the molecule is NC(=O)c1c[nH]c(C(=O)Nc2cccc(F)c2-c2ncn[nH]2)c1. The molecule has 2 amide bonds. The lowest BCUT2D eigenvalue weighted by molar-refractivity contribution is 0.0999. The Labute approximate surface area is 128 Å². The van der Waals surface area contributed by atoms with E-state index in [1.807, 2.05) is 0 Å². The van der Waals surface area contributed by atoms with Gasteiger partial charge in [0.25, 0.3) is 5.91 Å². The molecule has 0 atom stereocenters. The second-order valence-corrected chi connectivity index (χ2v) is 4.62. The number of amides is 2. The molecule has 0 radical (unpaired) electrons. The maximum atomic E-state index is 14.1. The van der Waals surface area contributed by atoms with Crippen molar-refractivity contribution in [3.8, 4) is 11.4 Å². The topological polar surface area (TPSA) is 130 Å². The smallest absolute Gasteiger partial charge is 0.272 e. The van der Waals surface area contributed by atoms with E-state index in [1.165, 1.54) is 36.8 Å². The second-order valence-electron chi connectivity index (χ2n) is 4.62. The van der Waals surface area contributed by atoms with Crippen molar-refractivity contribution in [3.05, 3.63) is 53.9 Å². The van der Waals surface area contributed by atoms with Crippen molar-refractivity contribution in [2.45, 2.75) is 0 Å². The molecule has 8 nitrogen and oxygen atoms in total. The second kappa shape index (κ2) is 5.72. The summed E-state index contributed by atoms with van der Waals surface area (Å²) in [7, 11) is 0. The van der Waals surface area contributed by atoms with Crippen LogP contribution in [0, 0.1) is 5.82 Å². The lowest BCUT2D eigenvalue weighted by Crippen LogP contribution is -2.14. The van der Waals surface area contributed by atoms with E-state index >= 15 is 0 Å². The summed E-state index contributed by atoms with van der Waals surface area (Å²) in [5.74, 6) is -1.59. The first kappa shape index (κ1) is 14.4. The zero-order valence-corrected chi connectivity index (χ0v) is 11.6. The van der Waals surface area contributed by atoms with E-state index in [2.05, 4.69) is 25.5 Å². The molecule has 1 aromatic carbocycles. The van der Waals surface area contributed by atoms with Crippen molar-refractivity contribution in [2.75, 3.05) is 5.32 Å². The number of H-pyrrole nitrogens is 2. The van der Waals surface area contributed by atoms with Gasteiger partial charge in [-0.05, 0) is 18.2 Å². The summed E-state index contributed by atoms with van der Waals surface area (Å²) in [6, 6.07) is 5.53. The Bertz CT molecular complexity index is 871. The predicted molar refractivity (Wildman–Crippen MR) is 79.0 cm³/mol. The van der Waals surface area contributed by atoms with E-state index in [0.717, 1.165) is 0 Å². The van der Waals surface area contributed by atoms with Gasteiger partial charge in [0.1, 0.15) is 17.8 Å². The number of hydrogen-bond acceptors (Lipinski definition) is 4. The highest BCUT2D eigenvalue weighted by molar-refractivity contribution is 6.06. The first-order valence-corrected chi connectivity index (χ1v) is 6.50. The normalized spacial score (nSPS) is 10.5. The highest BCUT2D eigenvalue weighted by atomic mass is 19.1. The Morgan fingerprint density at radius 2 is 2.13 bits per heavy atom. The fourth-order valence-corrected chi connectivity index (χ4v) is 2.05. The Morgan fingerprint density at radius 3 is 2.78 bits per heavy atom. The number of nitrogens with two attached hydrogens (primary N) is 1. The number of anilines is 1. The maximum Gasteiger partial charge on any atom is 0.272 e. The van der Waals surface area contributed by atoms with Gasteiger partial charge in [0.2, 0.25) is 5.91 Å². The summed E-state index contributed by atoms with van der Waals surface area (Å²) >= 11 is 0. The molecule has 9 heteroatoms. The summed E-state index contributed by atoms with van der Waals surface area (Å²) in [5, 5.41) is 8.77. The number of rotatable bonds is 4. The van der Waals surface area contributed by atoms with E-state index in [4.69, 9.17) is 5.73 Å². The van der Waals surface area contributed by atoms with E-state index in [9.17, 15) is 14.0 Å². The molecule has 0 aliphatic carbocycles. The predicted octanol–water partition coefficient (Wildman–Crippen LogP) is 1.29. The third-order valence-corrected chi connectivity index (χ3v) is 3.13. The van der Waals surface area contributed by atoms with Crippen LogP contribution in [0.15, 0.2) is 36.8 Å². The minimum atomic E-state index is -0.659. The molecule has 116 valence electrons. The van der Waals surface area contributed by atoms with Gasteiger partial charge in [-0.25, -0.2) is 9.37 Å². The number of hydrogen-bond donors (Lipinski definition) is 4. The quantitative estimate of drug-likeness (QED) is 0.578. The molecule has 2 aromatic heterocycles. The number of nitrogens with one attached hydrogen (secondary N) is 3. The third-order valence-electron chi connectivity index (χ3n) is 3.13. The van der Waals surface area contributed by atoms with Gasteiger partial charge in [-0.1, -0.05) is 6.07 Å². The zero-order valence-electron chi connectivity index (χ0n) is 11.6. The molecule has 0 bridgehead atoms. The van der Waals surface area contributed by atoms with Crippen molar-refractivity contribution in [3.63, 3.8) is 0 Å². The molecule has 0 aliphatic rings. The molecule has 0 aliphatic heterocycles. The van der Waals surface area contributed by atoms with Crippen LogP contribution in [0.2, 0.25) is 0 Å². The Hall–Kier alpha value is -3.49. The molecule has 3 rings (SSSR count). The fourth-order valence-electron chi connectivity index (χ4n) is 2.05. The summed E-state index contributed by atoms with van der Waals surface area (Å²) in [6.45, 7) is 0. The molecule has 3 aromatic rings. The van der Waals surface area contributed by atoms with Crippen LogP contribution < -0.4 is 11.1 Å². The average Bonchev–Trinajstić information content (AvgIpc) is 3.19. The van der Waals surface area contributed by atoms with Crippen molar-refractivity contribution < 1.29 is 14.0 Å². The number of carbonyl (C=O) groups excluding carboxylic acids is 2. The minimum absolute atomic E-state index is 0.0834. The van der Waals surface area contributed by atoms with Crippen LogP contribution in [0.3, 0.4) is 0 Å². The highest BCUT2D eigenvalue weighted by Crippen LogP contribution is 2.28. The van der Waals surface area contributed by atoms with E-state index in [-0.39, 0.29) is 28.3 Å². The molecule has 5 N–H and O–H groups in total. The number of aromatic nitrogens is 4. The van der Waals surface area contributed by atoms with Gasteiger partial charge in [0.05, 0.1) is 16.8 Å². The lowest BCUT2D eigenvalue weighted by Gasteiger charge is -2.09. The Morgan fingerprint density at radius 1 is 1.30 bits per heavy atom. The standard InChI is InChI=1S/C14H11FN6O2/c15-8-2-1-3-9(11(8)13-18-6-19-21-13)20-14(23)10-4-7(5-17-10)12(16)22/h1-6,17H,(H2,16,22)(H,20,23)(H,18,19,21). The summed E-state index contributed by atoms with van der Waals surface area (Å²) in [6.07, 6.45) is 2.55. The first-order chi connectivity index (χ1) is 11.1. The molecule has 2 heterocycles. The highest BCUT2D eigenvalue weighted by Gasteiger charge is 2.17. The number of aromatic amines is 2. The van der Waals surface area contributed by atoms with Crippen molar-refractivity contribution in [2.24, 2.45) is 5.73 Å². The summed E-state index contributed by atoms with van der Waals surface area (Å²) < 4.78 is 14.1. The molecular formula is C14H11FN6O2. The zero-order chi connectivity index (χ0) is 16.4. The van der Waals surface area contributed by atoms with E-state index in [1.54, 1.807) is 0 Å². The van der Waals surface area contributed by atoms with Crippen LogP contribution in [0.1, 0.15) is 20.8 Å². The van der Waals surface area contributed by atoms with Gasteiger partial charge in [0.15, 0.2) is 5.82 Å². The van der Waals surface area contributed by atoms with Crippen LogP contribution in [0.25, 0.3) is 11.4 Å². The van der Waals surface area contributed by atoms with Crippen molar-refractivity contribution in [1.29, 1.82) is 0 Å². The largest absolute Gasteiger partial charge is 0.366 e. The van der Waals surface area contributed by atoms with Crippen LogP contribution in [0.5, 0.6) is 0 Å². The van der Waals surface area contributed by atoms with E-state index in [0.29, 0.717) is 0 Å². The van der Waals surface area contributed by atoms with Gasteiger partial charge < -0.3 is 16.0 Å². The minimum Gasteiger partial charge on any atom is -0.366 e. The van der Waals surface area contributed by atoms with Crippen LogP contribution in [-0.4, -0.2) is 32.0 Å². The van der Waals surface area contributed by atoms with Gasteiger partial charge in [-0.2, -0.15) is 5.10 Å². The number of primary amides is 1. The molecule has 0 saturated heterocycles. The Balaban J connectivity index is 1.92. The average molecular weight is 314 g/mol. The molecule has 0 saturated carbocycles.